The predicted octanol–water partition coefficient (Wildman–Crippen LogP) is 5.35. The first-order valence-electron chi connectivity index (χ1n) is 8.82. The van der Waals surface area contributed by atoms with Crippen molar-refractivity contribution in [3.05, 3.63) is 91.1 Å². The monoisotopic (exact) mass is 348 g/mol. The molecule has 0 spiro atoms. The average molecular weight is 348 g/mol. The molecule has 0 aliphatic rings. The van der Waals surface area contributed by atoms with Crippen LogP contribution < -0.4 is 0 Å². The molecule has 0 bridgehead atoms. The molecular weight excluding hydrogens is 332 g/mol. The zero-order valence-corrected chi connectivity index (χ0v) is 14.5. The maximum atomic E-state index is 5.01. The number of pyridine rings is 1. The van der Waals surface area contributed by atoms with Gasteiger partial charge in [0, 0.05) is 22.1 Å². The van der Waals surface area contributed by atoms with E-state index in [1.165, 1.54) is 0 Å². The van der Waals surface area contributed by atoms with Crippen LogP contribution >= 0.6 is 0 Å². The van der Waals surface area contributed by atoms with Crippen LogP contribution in [0.3, 0.4) is 0 Å². The molecule has 3 aromatic carbocycles. The summed E-state index contributed by atoms with van der Waals surface area (Å²) in [6.07, 6.45) is 1.82. The molecule has 5 aromatic rings. The highest BCUT2D eigenvalue weighted by Gasteiger charge is 2.20. The summed E-state index contributed by atoms with van der Waals surface area (Å²) >= 11 is 0. The van der Waals surface area contributed by atoms with Gasteiger partial charge in [-0.3, -0.25) is 5.10 Å². The third-order valence-electron chi connectivity index (χ3n) is 4.68. The fourth-order valence-electron chi connectivity index (χ4n) is 3.49. The van der Waals surface area contributed by atoms with Gasteiger partial charge in [-0.15, -0.1) is 5.10 Å². The van der Waals surface area contributed by atoms with Crippen molar-refractivity contribution in [2.45, 2.75) is 0 Å². The van der Waals surface area contributed by atoms with Gasteiger partial charge in [0.2, 0.25) is 0 Å². The van der Waals surface area contributed by atoms with Gasteiger partial charge in [0.15, 0.2) is 0 Å². The lowest BCUT2D eigenvalue weighted by Gasteiger charge is -2.16. The summed E-state index contributed by atoms with van der Waals surface area (Å²) in [5, 5.41) is 12.2. The van der Waals surface area contributed by atoms with Crippen molar-refractivity contribution in [1.29, 1.82) is 0 Å². The van der Waals surface area contributed by atoms with Gasteiger partial charge in [-0.25, -0.2) is 4.98 Å². The van der Waals surface area contributed by atoms with Crippen molar-refractivity contribution in [1.82, 2.24) is 20.4 Å². The Morgan fingerprint density at radius 3 is 2.00 bits per heavy atom. The first kappa shape index (κ1) is 15.5. The van der Waals surface area contributed by atoms with E-state index in [0.29, 0.717) is 0 Å². The average Bonchev–Trinajstić information content (AvgIpc) is 3.28. The number of hydrogen-bond acceptors (Lipinski definition) is 3. The van der Waals surface area contributed by atoms with Crippen LogP contribution in [0.25, 0.3) is 44.5 Å². The number of aromatic amines is 1. The second-order valence-corrected chi connectivity index (χ2v) is 6.32. The molecule has 128 valence electrons. The molecule has 4 nitrogen and oxygen atoms in total. The van der Waals surface area contributed by atoms with Crippen molar-refractivity contribution in [2.75, 3.05) is 0 Å². The second kappa shape index (κ2) is 6.50. The fraction of sp³-hybridized carbons (Fsp3) is 0. The van der Waals surface area contributed by atoms with Gasteiger partial charge >= 0.3 is 0 Å². The largest absolute Gasteiger partial charge is 0.265 e. The van der Waals surface area contributed by atoms with Crippen LogP contribution in [0.4, 0.5) is 0 Å². The van der Waals surface area contributed by atoms with Gasteiger partial charge in [0.1, 0.15) is 5.69 Å². The van der Waals surface area contributed by atoms with E-state index in [4.69, 9.17) is 4.98 Å². The number of para-hydroxylation sites is 1. The number of benzene rings is 3. The Bertz CT molecular complexity index is 1200. The Hall–Kier alpha value is -3.79. The zero-order valence-electron chi connectivity index (χ0n) is 14.5. The van der Waals surface area contributed by atoms with Crippen LogP contribution in [0, 0.1) is 0 Å². The van der Waals surface area contributed by atoms with Crippen LogP contribution in [0.1, 0.15) is 0 Å². The SMILES string of the molecule is c1ccc(-c2nc3ccccc3c(-c3ccccc3)c2-c2c[nH]nn2)cc1. The Balaban J connectivity index is 1.97. The summed E-state index contributed by atoms with van der Waals surface area (Å²) in [5.41, 5.74) is 6.94. The Kier molecular flexibility index (Phi) is 3.72. The molecule has 4 heteroatoms. The minimum Gasteiger partial charge on any atom is -0.265 e. The van der Waals surface area contributed by atoms with Gasteiger partial charge in [-0.2, -0.15) is 0 Å². The van der Waals surface area contributed by atoms with Crippen molar-refractivity contribution in [2.24, 2.45) is 0 Å². The molecule has 27 heavy (non-hydrogen) atoms. The molecule has 2 heterocycles. The molecule has 0 amide bonds. The first-order valence-corrected chi connectivity index (χ1v) is 8.82. The summed E-state index contributed by atoms with van der Waals surface area (Å²) in [4.78, 5) is 5.01. The van der Waals surface area contributed by atoms with Gasteiger partial charge in [-0.1, -0.05) is 84.1 Å². The molecule has 0 aliphatic heterocycles. The summed E-state index contributed by atoms with van der Waals surface area (Å²) in [6.45, 7) is 0. The highest BCUT2D eigenvalue weighted by molar-refractivity contribution is 6.06. The summed E-state index contributed by atoms with van der Waals surface area (Å²) < 4.78 is 0. The van der Waals surface area contributed by atoms with E-state index in [0.717, 1.165) is 44.5 Å². The van der Waals surface area contributed by atoms with Crippen molar-refractivity contribution < 1.29 is 0 Å². The smallest absolute Gasteiger partial charge is 0.115 e. The number of rotatable bonds is 3. The molecule has 0 aliphatic carbocycles. The third kappa shape index (κ3) is 2.68. The van der Waals surface area contributed by atoms with Crippen LogP contribution in [-0.4, -0.2) is 20.4 Å². The Morgan fingerprint density at radius 2 is 1.30 bits per heavy atom. The number of aromatic nitrogens is 4. The minimum absolute atomic E-state index is 0.783. The molecular formula is C23H16N4. The van der Waals surface area contributed by atoms with Crippen molar-refractivity contribution in [3.8, 4) is 33.6 Å². The highest BCUT2D eigenvalue weighted by atomic mass is 15.3. The topological polar surface area (TPSA) is 54.5 Å². The van der Waals surface area contributed by atoms with Gasteiger partial charge in [0.25, 0.3) is 0 Å². The highest BCUT2D eigenvalue weighted by Crippen LogP contribution is 2.42. The molecule has 5 rings (SSSR count). The van der Waals surface area contributed by atoms with E-state index in [1.807, 2.05) is 42.6 Å². The molecule has 0 atom stereocenters. The van der Waals surface area contributed by atoms with Crippen LogP contribution in [0.5, 0.6) is 0 Å². The van der Waals surface area contributed by atoms with Crippen molar-refractivity contribution in [3.63, 3.8) is 0 Å². The zero-order chi connectivity index (χ0) is 18.1. The number of fused-ring (bicyclic) bond motifs is 1. The van der Waals surface area contributed by atoms with E-state index in [1.54, 1.807) is 0 Å². The molecule has 0 saturated heterocycles. The lowest BCUT2D eigenvalue weighted by molar-refractivity contribution is 0.942. The van der Waals surface area contributed by atoms with Gasteiger partial charge < -0.3 is 0 Å². The minimum atomic E-state index is 0.783. The van der Waals surface area contributed by atoms with E-state index in [9.17, 15) is 0 Å². The van der Waals surface area contributed by atoms with Crippen LogP contribution in [0.15, 0.2) is 91.1 Å². The molecule has 0 fully saturated rings. The third-order valence-corrected chi connectivity index (χ3v) is 4.68. The summed E-state index contributed by atoms with van der Waals surface area (Å²) in [6, 6.07) is 28.9. The number of nitrogens with zero attached hydrogens (tertiary/aromatic N) is 3. The number of H-pyrrole nitrogens is 1. The molecule has 0 unspecified atom stereocenters. The molecule has 0 saturated carbocycles. The quantitative estimate of drug-likeness (QED) is 0.478. The van der Waals surface area contributed by atoms with E-state index < -0.39 is 0 Å². The maximum absolute atomic E-state index is 5.01. The Labute approximate surface area is 156 Å². The van der Waals surface area contributed by atoms with Crippen LogP contribution in [-0.2, 0) is 0 Å². The maximum Gasteiger partial charge on any atom is 0.115 e. The molecule has 2 aromatic heterocycles. The van der Waals surface area contributed by atoms with E-state index in [2.05, 4.69) is 63.9 Å². The summed E-state index contributed by atoms with van der Waals surface area (Å²) in [7, 11) is 0. The fourth-order valence-corrected chi connectivity index (χ4v) is 3.49. The summed E-state index contributed by atoms with van der Waals surface area (Å²) in [5.74, 6) is 0. The second-order valence-electron chi connectivity index (χ2n) is 6.32. The predicted molar refractivity (Wildman–Crippen MR) is 108 cm³/mol. The van der Waals surface area contributed by atoms with Crippen molar-refractivity contribution >= 4 is 10.9 Å². The first-order chi connectivity index (χ1) is 13.4. The van der Waals surface area contributed by atoms with Gasteiger partial charge in [-0.05, 0) is 11.6 Å². The Morgan fingerprint density at radius 1 is 0.630 bits per heavy atom. The number of nitrogens with one attached hydrogen (secondary N) is 1. The molecule has 1 N–H and O–H groups in total. The van der Waals surface area contributed by atoms with Crippen LogP contribution in [0.2, 0.25) is 0 Å². The van der Waals surface area contributed by atoms with Gasteiger partial charge in [0.05, 0.1) is 17.4 Å². The number of hydrogen-bond donors (Lipinski definition) is 1. The lowest BCUT2D eigenvalue weighted by Crippen LogP contribution is -1.96. The normalized spacial score (nSPS) is 11.0. The van der Waals surface area contributed by atoms with E-state index in [-0.39, 0.29) is 0 Å². The lowest BCUT2D eigenvalue weighted by atomic mass is 9.90. The van der Waals surface area contributed by atoms with E-state index >= 15 is 0 Å². The standard InChI is InChI=1S/C23H16N4/c1-3-9-16(10-4-1)21-18-13-7-8-14-19(18)25-23(17-11-5-2-6-12-17)22(21)20-15-24-27-26-20/h1-15H,(H,24,26,27). The molecule has 0 radical (unpaired) electrons.